The summed E-state index contributed by atoms with van der Waals surface area (Å²) in [5.74, 6) is -0.644. The van der Waals surface area contributed by atoms with Crippen molar-refractivity contribution in [3.05, 3.63) is 64.8 Å². The van der Waals surface area contributed by atoms with Crippen molar-refractivity contribution in [2.24, 2.45) is 11.8 Å². The molecule has 3 atom stereocenters. The number of nitrogens with zero attached hydrogens (tertiary/aromatic N) is 2. The lowest BCUT2D eigenvalue weighted by Crippen LogP contribution is -2.67. The molecule has 8 heteroatoms. The van der Waals surface area contributed by atoms with Crippen LogP contribution in [0.2, 0.25) is 0 Å². The molecule has 0 spiro atoms. The molecular formula is C30H36N4O4. The van der Waals surface area contributed by atoms with Crippen LogP contribution < -0.4 is 10.6 Å². The van der Waals surface area contributed by atoms with Crippen molar-refractivity contribution < 1.29 is 18.9 Å². The molecule has 38 heavy (non-hydrogen) atoms. The van der Waals surface area contributed by atoms with E-state index >= 15 is 0 Å². The summed E-state index contributed by atoms with van der Waals surface area (Å²) in [6, 6.07) is 11.0. The van der Waals surface area contributed by atoms with Gasteiger partial charge in [-0.15, -0.1) is 0 Å². The molecule has 2 N–H and O–H groups in total. The first kappa shape index (κ1) is 25.9. The van der Waals surface area contributed by atoms with Gasteiger partial charge in [0, 0.05) is 11.4 Å². The van der Waals surface area contributed by atoms with Gasteiger partial charge in [0.15, 0.2) is 5.58 Å². The molecule has 1 aliphatic heterocycles. The maximum absolute atomic E-state index is 14.4. The lowest BCUT2D eigenvalue weighted by molar-refractivity contribution is -0.158. The van der Waals surface area contributed by atoms with E-state index in [9.17, 15) is 14.4 Å². The van der Waals surface area contributed by atoms with Crippen LogP contribution in [0.25, 0.3) is 11.0 Å². The van der Waals surface area contributed by atoms with E-state index in [4.69, 9.17) is 4.52 Å². The standard InChI is InChI=1S/C30H36N4O4/c1-16(2)12-24-28(35)32-26(22-13-19-8-6-7-9-20(19)14-22)30(37)34(24)27(29(36)31-17(3)4)21-10-11-25-23(15-21)18(5)33-38-25/h6-11,15-17,22,24,26-27H,12-14H2,1-5H3,(H,31,36)(H,32,35). The van der Waals surface area contributed by atoms with Crippen molar-refractivity contribution in [3.8, 4) is 0 Å². The summed E-state index contributed by atoms with van der Waals surface area (Å²) < 4.78 is 5.39. The lowest BCUT2D eigenvalue weighted by Gasteiger charge is -2.45. The maximum atomic E-state index is 14.4. The third kappa shape index (κ3) is 4.79. The number of benzene rings is 2. The molecular weight excluding hydrogens is 480 g/mol. The van der Waals surface area contributed by atoms with Crippen LogP contribution in [0.3, 0.4) is 0 Å². The Morgan fingerprint density at radius 3 is 2.42 bits per heavy atom. The number of amides is 3. The van der Waals surface area contributed by atoms with E-state index in [0.29, 0.717) is 36.1 Å². The second kappa shape index (κ2) is 10.2. The van der Waals surface area contributed by atoms with E-state index in [1.165, 1.54) is 11.1 Å². The smallest absolute Gasteiger partial charge is 0.247 e. The van der Waals surface area contributed by atoms with Crippen molar-refractivity contribution in [2.75, 3.05) is 0 Å². The summed E-state index contributed by atoms with van der Waals surface area (Å²) in [5, 5.41) is 10.9. The van der Waals surface area contributed by atoms with Crippen molar-refractivity contribution in [1.82, 2.24) is 20.7 Å². The Hall–Kier alpha value is -3.68. The SMILES string of the molecule is Cc1noc2ccc(C(C(=O)NC(C)C)N3C(=O)C(C4Cc5ccccc5C4)NC(=O)C3CC(C)C)cc12. The summed E-state index contributed by atoms with van der Waals surface area (Å²) in [6.07, 6.45) is 1.88. The average Bonchev–Trinajstić information content (AvgIpc) is 3.46. The van der Waals surface area contributed by atoms with Gasteiger partial charge in [0.05, 0.1) is 5.69 Å². The molecule has 200 valence electrons. The molecule has 5 rings (SSSR count). The van der Waals surface area contributed by atoms with Crippen LogP contribution in [0.5, 0.6) is 0 Å². The van der Waals surface area contributed by atoms with E-state index < -0.39 is 18.1 Å². The predicted octanol–water partition coefficient (Wildman–Crippen LogP) is 3.86. The van der Waals surface area contributed by atoms with Gasteiger partial charge in [0.25, 0.3) is 0 Å². The normalized spacial score (nSPS) is 20.8. The molecule has 2 aliphatic rings. The fourth-order valence-corrected chi connectivity index (χ4v) is 5.92. The van der Waals surface area contributed by atoms with Crippen molar-refractivity contribution in [2.45, 2.75) is 78.0 Å². The number of fused-ring (bicyclic) bond motifs is 2. The Bertz CT molecular complexity index is 1350. The van der Waals surface area contributed by atoms with Crippen LogP contribution in [0, 0.1) is 18.8 Å². The molecule has 1 fully saturated rings. The van der Waals surface area contributed by atoms with E-state index in [-0.39, 0.29) is 35.6 Å². The molecule has 2 heterocycles. The molecule has 1 aromatic heterocycles. The number of hydrogen-bond donors (Lipinski definition) is 2. The van der Waals surface area contributed by atoms with Crippen LogP contribution in [0.1, 0.15) is 62.5 Å². The number of piperazine rings is 1. The molecule has 1 saturated heterocycles. The van der Waals surface area contributed by atoms with Crippen LogP contribution in [0.15, 0.2) is 47.0 Å². The highest BCUT2D eigenvalue weighted by Gasteiger charge is 2.49. The Balaban J connectivity index is 1.58. The highest BCUT2D eigenvalue weighted by atomic mass is 16.5. The summed E-state index contributed by atoms with van der Waals surface area (Å²) in [7, 11) is 0. The van der Waals surface area contributed by atoms with E-state index in [1.54, 1.807) is 17.0 Å². The largest absolute Gasteiger partial charge is 0.356 e. The highest BCUT2D eigenvalue weighted by molar-refractivity contribution is 6.00. The molecule has 1 aliphatic carbocycles. The second-order valence-corrected chi connectivity index (χ2v) is 11.4. The first-order valence-electron chi connectivity index (χ1n) is 13.5. The average molecular weight is 517 g/mol. The Labute approximate surface area is 223 Å². The second-order valence-electron chi connectivity index (χ2n) is 11.4. The number of aromatic nitrogens is 1. The zero-order valence-electron chi connectivity index (χ0n) is 22.7. The maximum Gasteiger partial charge on any atom is 0.247 e. The third-order valence-electron chi connectivity index (χ3n) is 7.65. The van der Waals surface area contributed by atoms with Gasteiger partial charge in [-0.3, -0.25) is 14.4 Å². The van der Waals surface area contributed by atoms with Gasteiger partial charge >= 0.3 is 0 Å². The number of hydrogen-bond acceptors (Lipinski definition) is 5. The Morgan fingerprint density at radius 2 is 1.79 bits per heavy atom. The van der Waals surface area contributed by atoms with Gasteiger partial charge in [-0.2, -0.15) is 0 Å². The Morgan fingerprint density at radius 1 is 1.11 bits per heavy atom. The predicted molar refractivity (Wildman–Crippen MR) is 144 cm³/mol. The first-order chi connectivity index (χ1) is 18.1. The number of carbonyl (C=O) groups is 3. The van der Waals surface area contributed by atoms with Crippen molar-refractivity contribution in [3.63, 3.8) is 0 Å². The van der Waals surface area contributed by atoms with Gasteiger partial charge in [0.2, 0.25) is 17.7 Å². The minimum absolute atomic E-state index is 0.0667. The summed E-state index contributed by atoms with van der Waals surface area (Å²) in [4.78, 5) is 43.4. The van der Waals surface area contributed by atoms with Gasteiger partial charge in [-0.25, -0.2) is 0 Å². The first-order valence-corrected chi connectivity index (χ1v) is 13.5. The molecule has 3 amide bonds. The molecule has 3 unspecified atom stereocenters. The molecule has 3 aromatic rings. The van der Waals surface area contributed by atoms with Crippen molar-refractivity contribution >= 4 is 28.7 Å². The third-order valence-corrected chi connectivity index (χ3v) is 7.65. The van der Waals surface area contributed by atoms with Crippen LogP contribution in [-0.4, -0.2) is 45.9 Å². The van der Waals surface area contributed by atoms with E-state index in [0.717, 1.165) is 5.39 Å². The van der Waals surface area contributed by atoms with Gasteiger partial charge in [-0.05, 0) is 80.7 Å². The van der Waals surface area contributed by atoms with Gasteiger partial charge < -0.3 is 20.1 Å². The number of rotatable bonds is 7. The van der Waals surface area contributed by atoms with E-state index in [2.05, 4.69) is 27.9 Å². The van der Waals surface area contributed by atoms with Crippen LogP contribution in [0.4, 0.5) is 0 Å². The van der Waals surface area contributed by atoms with Gasteiger partial charge in [0.1, 0.15) is 18.1 Å². The molecule has 0 radical (unpaired) electrons. The van der Waals surface area contributed by atoms with Crippen molar-refractivity contribution in [1.29, 1.82) is 0 Å². The molecule has 8 nitrogen and oxygen atoms in total. The zero-order valence-corrected chi connectivity index (χ0v) is 22.7. The summed E-state index contributed by atoms with van der Waals surface area (Å²) in [6.45, 7) is 9.65. The zero-order chi connectivity index (χ0) is 27.1. The highest BCUT2D eigenvalue weighted by Crippen LogP contribution is 2.36. The molecule has 0 bridgehead atoms. The minimum Gasteiger partial charge on any atom is -0.356 e. The number of carbonyl (C=O) groups excluding carboxylic acids is 3. The van der Waals surface area contributed by atoms with Gasteiger partial charge in [-0.1, -0.05) is 49.3 Å². The fraction of sp³-hybridized carbons (Fsp3) is 0.467. The molecule has 2 aromatic carbocycles. The Kier molecular flexibility index (Phi) is 6.99. The molecule has 0 saturated carbocycles. The fourth-order valence-electron chi connectivity index (χ4n) is 5.92. The van der Waals surface area contributed by atoms with E-state index in [1.807, 2.05) is 52.8 Å². The quantitative estimate of drug-likeness (QED) is 0.496. The topological polar surface area (TPSA) is 105 Å². The summed E-state index contributed by atoms with van der Waals surface area (Å²) >= 11 is 0. The lowest BCUT2D eigenvalue weighted by atomic mass is 9.87. The van der Waals surface area contributed by atoms with Crippen LogP contribution in [-0.2, 0) is 27.2 Å². The summed E-state index contributed by atoms with van der Waals surface area (Å²) in [5.41, 5.74) is 4.35. The number of aryl methyl sites for hydroxylation is 1. The minimum atomic E-state index is -0.968. The van der Waals surface area contributed by atoms with Crippen LogP contribution >= 0.6 is 0 Å². The number of nitrogens with one attached hydrogen (secondary N) is 2. The monoisotopic (exact) mass is 516 g/mol.